The molecule has 2 heterocycles. The number of anilines is 2. The van der Waals surface area contributed by atoms with Crippen molar-refractivity contribution in [2.24, 2.45) is 5.73 Å². The van der Waals surface area contributed by atoms with Crippen LogP contribution in [0.3, 0.4) is 0 Å². The van der Waals surface area contributed by atoms with E-state index in [1.165, 1.54) is 6.08 Å². The first-order valence-electron chi connectivity index (χ1n) is 13.5. The summed E-state index contributed by atoms with van der Waals surface area (Å²) in [6, 6.07) is 17.6. The number of fused-ring (bicyclic) bond motifs is 1. The largest absolute Gasteiger partial charge is 0.392 e. The molecule has 2 aliphatic heterocycles. The van der Waals surface area contributed by atoms with Crippen molar-refractivity contribution in [3.63, 3.8) is 0 Å². The number of benzene rings is 3. The van der Waals surface area contributed by atoms with Gasteiger partial charge in [0.1, 0.15) is 6.04 Å². The number of aliphatic hydroxyl groups excluding tert-OH is 1. The number of carbonyl (C=O) groups excluding carboxylic acids is 2. The molecule has 5 N–H and O–H groups in total. The van der Waals surface area contributed by atoms with Gasteiger partial charge in [0.05, 0.1) is 6.61 Å². The lowest BCUT2D eigenvalue weighted by atomic mass is 9.89. The van der Waals surface area contributed by atoms with Gasteiger partial charge in [-0.2, -0.15) is 0 Å². The highest BCUT2D eigenvalue weighted by atomic mass is 35.5. The van der Waals surface area contributed by atoms with Crippen LogP contribution in [0.25, 0.3) is 6.08 Å². The lowest BCUT2D eigenvalue weighted by Crippen LogP contribution is -2.47. The summed E-state index contributed by atoms with van der Waals surface area (Å²) in [4.78, 5) is 31.5. The number of hydrogen-bond acceptors (Lipinski definition) is 6. The van der Waals surface area contributed by atoms with Gasteiger partial charge in [0.25, 0.3) is 5.91 Å². The normalized spacial score (nSPS) is 17.1. The van der Waals surface area contributed by atoms with Crippen molar-refractivity contribution in [2.45, 2.75) is 25.6 Å². The summed E-state index contributed by atoms with van der Waals surface area (Å²) in [5.74, 6) is -0.556. The van der Waals surface area contributed by atoms with Gasteiger partial charge < -0.3 is 31.3 Å². The van der Waals surface area contributed by atoms with Crippen LogP contribution in [0, 0.1) is 0 Å². The highest BCUT2D eigenvalue weighted by molar-refractivity contribution is 6.30. The standard InChI is InChI=1S/C31H34ClN5O3/c32-24-8-6-23(19-33)22(18-24)7-11-29(39)37-15-12-26-27(2-1-3-28(26)36-16-13-34-14-17-36)30(37)31(40)35-25-9-4-21(20-38)5-10-25/h1-11,18,30,34,38H,12-17,19-20,33H2,(H,35,40)/b11-7+. The minimum atomic E-state index is -0.811. The first-order valence-corrected chi connectivity index (χ1v) is 13.9. The quantitative estimate of drug-likeness (QED) is 0.330. The molecule has 1 fully saturated rings. The molecule has 1 unspecified atom stereocenters. The van der Waals surface area contributed by atoms with E-state index >= 15 is 0 Å². The fraction of sp³-hybridized carbons (Fsp3) is 0.290. The topological polar surface area (TPSA) is 111 Å². The van der Waals surface area contributed by atoms with Gasteiger partial charge in [-0.15, -0.1) is 0 Å². The van der Waals surface area contributed by atoms with Crippen molar-refractivity contribution in [1.82, 2.24) is 10.2 Å². The van der Waals surface area contributed by atoms with E-state index in [1.54, 1.807) is 47.4 Å². The molecule has 0 bridgehead atoms. The maximum Gasteiger partial charge on any atom is 0.251 e. The summed E-state index contributed by atoms with van der Waals surface area (Å²) in [6.45, 7) is 4.23. The summed E-state index contributed by atoms with van der Waals surface area (Å²) >= 11 is 6.19. The number of aliphatic hydroxyl groups is 1. The van der Waals surface area contributed by atoms with Gasteiger partial charge in [0, 0.05) is 61.7 Å². The first kappa shape index (κ1) is 27.9. The third-order valence-electron chi connectivity index (χ3n) is 7.52. The Hall–Kier alpha value is -3.69. The summed E-state index contributed by atoms with van der Waals surface area (Å²) in [6.07, 6.45) is 3.85. The van der Waals surface area contributed by atoms with E-state index in [-0.39, 0.29) is 18.4 Å². The number of hydrogen-bond donors (Lipinski definition) is 4. The zero-order chi connectivity index (χ0) is 28.1. The highest BCUT2D eigenvalue weighted by Gasteiger charge is 2.37. The molecule has 1 atom stereocenters. The molecule has 3 aromatic rings. The van der Waals surface area contributed by atoms with E-state index in [0.717, 1.165) is 59.7 Å². The van der Waals surface area contributed by atoms with E-state index in [1.807, 2.05) is 18.2 Å². The molecule has 0 aliphatic carbocycles. The third kappa shape index (κ3) is 6.05. The van der Waals surface area contributed by atoms with Crippen LogP contribution in [-0.4, -0.2) is 54.5 Å². The number of nitrogens with one attached hydrogen (secondary N) is 2. The molecule has 0 aromatic heterocycles. The maximum absolute atomic E-state index is 13.9. The lowest BCUT2D eigenvalue weighted by Gasteiger charge is -2.39. The van der Waals surface area contributed by atoms with Crippen molar-refractivity contribution >= 4 is 40.9 Å². The monoisotopic (exact) mass is 559 g/mol. The molecule has 0 radical (unpaired) electrons. The van der Waals surface area contributed by atoms with E-state index in [0.29, 0.717) is 30.2 Å². The number of carbonyl (C=O) groups is 2. The molecular formula is C31H34ClN5O3. The van der Waals surface area contributed by atoms with E-state index in [4.69, 9.17) is 17.3 Å². The summed E-state index contributed by atoms with van der Waals surface area (Å²) in [5, 5.41) is 16.3. The lowest BCUT2D eigenvalue weighted by molar-refractivity contribution is -0.135. The van der Waals surface area contributed by atoms with E-state index in [9.17, 15) is 14.7 Å². The van der Waals surface area contributed by atoms with Crippen molar-refractivity contribution in [3.05, 3.63) is 99.6 Å². The molecule has 0 saturated carbocycles. The van der Waals surface area contributed by atoms with Gasteiger partial charge in [-0.05, 0) is 70.6 Å². The predicted octanol–water partition coefficient (Wildman–Crippen LogP) is 3.48. The minimum absolute atomic E-state index is 0.0772. The van der Waals surface area contributed by atoms with Crippen LogP contribution in [0.4, 0.5) is 11.4 Å². The zero-order valence-corrected chi connectivity index (χ0v) is 23.0. The van der Waals surface area contributed by atoms with Crippen molar-refractivity contribution in [1.29, 1.82) is 0 Å². The summed E-state index contributed by atoms with van der Waals surface area (Å²) in [7, 11) is 0. The number of rotatable bonds is 7. The molecule has 9 heteroatoms. The number of nitrogens with two attached hydrogens (primary N) is 1. The van der Waals surface area contributed by atoms with Gasteiger partial charge in [-0.1, -0.05) is 41.9 Å². The Balaban J connectivity index is 1.48. The number of halogens is 1. The molecule has 40 heavy (non-hydrogen) atoms. The van der Waals surface area contributed by atoms with Crippen LogP contribution >= 0.6 is 11.6 Å². The van der Waals surface area contributed by atoms with Crippen LogP contribution < -0.4 is 21.3 Å². The number of amides is 2. The first-order chi connectivity index (χ1) is 19.5. The van der Waals surface area contributed by atoms with Crippen LogP contribution in [0.2, 0.25) is 5.02 Å². The van der Waals surface area contributed by atoms with Crippen LogP contribution in [0.5, 0.6) is 0 Å². The second-order valence-electron chi connectivity index (χ2n) is 9.99. The van der Waals surface area contributed by atoms with Gasteiger partial charge in [0.2, 0.25) is 5.91 Å². The van der Waals surface area contributed by atoms with Gasteiger partial charge in [0.15, 0.2) is 0 Å². The molecule has 5 rings (SSSR count). The second kappa shape index (κ2) is 12.7. The van der Waals surface area contributed by atoms with Gasteiger partial charge >= 0.3 is 0 Å². The number of nitrogens with zero attached hydrogens (tertiary/aromatic N) is 2. The Bertz CT molecular complexity index is 1400. The van der Waals surface area contributed by atoms with Gasteiger partial charge in [-0.3, -0.25) is 9.59 Å². The van der Waals surface area contributed by atoms with Crippen molar-refractivity contribution < 1.29 is 14.7 Å². The highest BCUT2D eigenvalue weighted by Crippen LogP contribution is 2.37. The molecule has 2 amide bonds. The molecule has 3 aromatic carbocycles. The minimum Gasteiger partial charge on any atom is -0.392 e. The van der Waals surface area contributed by atoms with Crippen LogP contribution in [-0.2, 0) is 29.2 Å². The van der Waals surface area contributed by atoms with Crippen molar-refractivity contribution in [2.75, 3.05) is 42.9 Å². The summed E-state index contributed by atoms with van der Waals surface area (Å²) < 4.78 is 0. The molecule has 2 aliphatic rings. The molecule has 0 spiro atoms. The Morgan fingerprint density at radius 3 is 2.58 bits per heavy atom. The molecule has 208 valence electrons. The fourth-order valence-corrected chi connectivity index (χ4v) is 5.62. The van der Waals surface area contributed by atoms with Crippen molar-refractivity contribution in [3.8, 4) is 0 Å². The number of piperazine rings is 1. The van der Waals surface area contributed by atoms with Gasteiger partial charge in [-0.25, -0.2) is 0 Å². The average molecular weight is 560 g/mol. The maximum atomic E-state index is 13.9. The third-order valence-corrected chi connectivity index (χ3v) is 7.76. The smallest absolute Gasteiger partial charge is 0.251 e. The molecule has 1 saturated heterocycles. The average Bonchev–Trinajstić information content (AvgIpc) is 2.99. The van der Waals surface area contributed by atoms with E-state index in [2.05, 4.69) is 21.6 Å². The van der Waals surface area contributed by atoms with Crippen LogP contribution in [0.15, 0.2) is 66.7 Å². The molecular weight excluding hydrogens is 526 g/mol. The van der Waals surface area contributed by atoms with E-state index < -0.39 is 6.04 Å². The Kier molecular flexibility index (Phi) is 8.81. The zero-order valence-electron chi connectivity index (χ0n) is 22.3. The second-order valence-corrected chi connectivity index (χ2v) is 10.4. The SMILES string of the molecule is NCc1ccc(Cl)cc1/C=C/C(=O)N1CCc2c(cccc2N2CCNCC2)C1C(=O)Nc1ccc(CO)cc1. The van der Waals surface area contributed by atoms with Crippen LogP contribution in [0.1, 0.15) is 33.9 Å². The Morgan fingerprint density at radius 2 is 1.85 bits per heavy atom. The molecule has 8 nitrogen and oxygen atoms in total. The summed E-state index contributed by atoms with van der Waals surface area (Å²) in [5.41, 5.74) is 11.9. The Morgan fingerprint density at radius 1 is 1.07 bits per heavy atom. The fourth-order valence-electron chi connectivity index (χ4n) is 5.44. The Labute approximate surface area is 239 Å². The predicted molar refractivity (Wildman–Crippen MR) is 159 cm³/mol.